The number of carbonyl (C=O) groups is 2. The standard InChI is InChI=1S/C12H11NO6S/c14-5-6(10(15)16)9(11(17)18)20-12-13-7-3-1-2-4-8(7)19-12/h1-4,6,9,14H,5H2,(H,15,16)(H,17,18). The Morgan fingerprint density at radius 3 is 2.50 bits per heavy atom. The molecule has 2 aromatic rings. The SMILES string of the molecule is O=C(O)C(CO)C(Sc1nc2ccccc2o1)C(=O)O. The van der Waals surface area contributed by atoms with E-state index >= 15 is 0 Å². The van der Waals surface area contributed by atoms with Gasteiger partial charge in [-0.2, -0.15) is 0 Å². The van der Waals surface area contributed by atoms with Crippen LogP contribution in [0.25, 0.3) is 11.1 Å². The molecule has 7 nitrogen and oxygen atoms in total. The summed E-state index contributed by atoms with van der Waals surface area (Å²) in [5.41, 5.74) is 1.03. The summed E-state index contributed by atoms with van der Waals surface area (Å²) >= 11 is 0.665. The number of rotatable bonds is 6. The average molecular weight is 297 g/mol. The van der Waals surface area contributed by atoms with E-state index in [1.54, 1.807) is 24.3 Å². The van der Waals surface area contributed by atoms with Gasteiger partial charge in [-0.05, 0) is 12.1 Å². The summed E-state index contributed by atoms with van der Waals surface area (Å²) in [6.07, 6.45) is 0. The number of benzene rings is 1. The molecule has 0 radical (unpaired) electrons. The van der Waals surface area contributed by atoms with Crippen molar-refractivity contribution in [1.29, 1.82) is 0 Å². The Labute approximate surface area is 117 Å². The Morgan fingerprint density at radius 2 is 1.95 bits per heavy atom. The molecule has 0 aliphatic carbocycles. The van der Waals surface area contributed by atoms with E-state index in [1.165, 1.54) is 0 Å². The summed E-state index contributed by atoms with van der Waals surface area (Å²) in [5, 5.41) is 25.7. The van der Waals surface area contributed by atoms with Gasteiger partial charge in [0.1, 0.15) is 16.7 Å². The Morgan fingerprint density at radius 1 is 1.25 bits per heavy atom. The molecule has 1 aromatic carbocycles. The van der Waals surface area contributed by atoms with Crippen molar-refractivity contribution in [2.75, 3.05) is 6.61 Å². The van der Waals surface area contributed by atoms with Crippen molar-refractivity contribution in [3.8, 4) is 0 Å². The van der Waals surface area contributed by atoms with E-state index in [2.05, 4.69) is 4.98 Å². The smallest absolute Gasteiger partial charge is 0.318 e. The highest BCUT2D eigenvalue weighted by Crippen LogP contribution is 2.30. The summed E-state index contributed by atoms with van der Waals surface area (Å²) in [4.78, 5) is 26.2. The fourth-order valence-electron chi connectivity index (χ4n) is 1.62. The van der Waals surface area contributed by atoms with Crippen molar-refractivity contribution in [2.45, 2.75) is 10.5 Å². The van der Waals surface area contributed by atoms with Gasteiger partial charge in [-0.1, -0.05) is 23.9 Å². The zero-order chi connectivity index (χ0) is 14.7. The number of aliphatic hydroxyl groups is 1. The summed E-state index contributed by atoms with van der Waals surface area (Å²) < 4.78 is 5.34. The van der Waals surface area contributed by atoms with Crippen LogP contribution in [-0.2, 0) is 9.59 Å². The molecule has 0 aliphatic heterocycles. The van der Waals surface area contributed by atoms with Crippen LogP contribution in [0.5, 0.6) is 0 Å². The van der Waals surface area contributed by atoms with E-state index in [9.17, 15) is 9.59 Å². The maximum Gasteiger partial charge on any atom is 0.318 e. The van der Waals surface area contributed by atoms with E-state index in [4.69, 9.17) is 19.7 Å². The highest BCUT2D eigenvalue weighted by molar-refractivity contribution is 8.00. The molecule has 2 unspecified atom stereocenters. The molecule has 8 heteroatoms. The van der Waals surface area contributed by atoms with E-state index in [-0.39, 0.29) is 5.22 Å². The predicted molar refractivity (Wildman–Crippen MR) is 69.5 cm³/mol. The predicted octanol–water partition coefficient (Wildman–Crippen LogP) is 1.07. The molecule has 2 atom stereocenters. The number of fused-ring (bicyclic) bond motifs is 1. The quantitative estimate of drug-likeness (QED) is 0.677. The number of hydrogen-bond acceptors (Lipinski definition) is 6. The second-order valence-electron chi connectivity index (χ2n) is 3.95. The van der Waals surface area contributed by atoms with Crippen molar-refractivity contribution in [2.24, 2.45) is 5.92 Å². The second kappa shape index (κ2) is 5.93. The normalized spacial score (nSPS) is 14.1. The Kier molecular flexibility index (Phi) is 4.26. The van der Waals surface area contributed by atoms with Crippen LogP contribution in [0.2, 0.25) is 0 Å². The number of nitrogens with zero attached hydrogens (tertiary/aromatic N) is 1. The highest BCUT2D eigenvalue weighted by Gasteiger charge is 2.35. The topological polar surface area (TPSA) is 121 Å². The fourth-order valence-corrected chi connectivity index (χ4v) is 2.59. The van der Waals surface area contributed by atoms with Crippen LogP contribution in [-0.4, -0.2) is 44.1 Å². The van der Waals surface area contributed by atoms with Crippen LogP contribution in [0.1, 0.15) is 0 Å². The van der Waals surface area contributed by atoms with Gasteiger partial charge in [0.15, 0.2) is 5.58 Å². The van der Waals surface area contributed by atoms with Gasteiger partial charge in [0.25, 0.3) is 5.22 Å². The second-order valence-corrected chi connectivity index (χ2v) is 5.04. The zero-order valence-electron chi connectivity index (χ0n) is 10.1. The lowest BCUT2D eigenvalue weighted by molar-refractivity contribution is -0.148. The van der Waals surface area contributed by atoms with Crippen LogP contribution < -0.4 is 0 Å². The minimum Gasteiger partial charge on any atom is -0.481 e. The first-order valence-corrected chi connectivity index (χ1v) is 6.49. The number of aromatic nitrogens is 1. The number of hydrogen-bond donors (Lipinski definition) is 3. The monoisotopic (exact) mass is 297 g/mol. The number of aliphatic carboxylic acids is 2. The molecule has 1 heterocycles. The number of oxazole rings is 1. The van der Waals surface area contributed by atoms with E-state index in [0.29, 0.717) is 22.9 Å². The van der Waals surface area contributed by atoms with Gasteiger partial charge in [0, 0.05) is 0 Å². The first-order chi connectivity index (χ1) is 9.52. The summed E-state index contributed by atoms with van der Waals surface area (Å²) in [5.74, 6) is -4.17. The Balaban J connectivity index is 2.27. The number of carboxylic acids is 2. The van der Waals surface area contributed by atoms with E-state index < -0.39 is 29.7 Å². The third kappa shape index (κ3) is 2.91. The first kappa shape index (κ1) is 14.4. The minimum absolute atomic E-state index is 0.0540. The number of aliphatic hydroxyl groups excluding tert-OH is 1. The van der Waals surface area contributed by atoms with Crippen molar-refractivity contribution in [3.05, 3.63) is 24.3 Å². The number of thioether (sulfide) groups is 1. The molecule has 0 fully saturated rings. The van der Waals surface area contributed by atoms with Crippen LogP contribution >= 0.6 is 11.8 Å². The third-order valence-electron chi connectivity index (χ3n) is 2.62. The molecule has 0 aliphatic rings. The van der Waals surface area contributed by atoms with Gasteiger partial charge < -0.3 is 19.7 Å². The lowest BCUT2D eigenvalue weighted by atomic mass is 10.1. The number of para-hydroxylation sites is 2. The van der Waals surface area contributed by atoms with Gasteiger partial charge >= 0.3 is 11.9 Å². The lowest BCUT2D eigenvalue weighted by Crippen LogP contribution is -2.34. The molecule has 1 aromatic heterocycles. The van der Waals surface area contributed by atoms with Crippen LogP contribution in [0.15, 0.2) is 33.9 Å². The average Bonchev–Trinajstić information content (AvgIpc) is 2.80. The van der Waals surface area contributed by atoms with Gasteiger partial charge in [0.2, 0.25) is 0 Å². The number of carboxylic acid groups (broad SMARTS) is 2. The van der Waals surface area contributed by atoms with Crippen LogP contribution in [0.4, 0.5) is 0 Å². The molecular weight excluding hydrogens is 286 g/mol. The molecule has 0 amide bonds. The maximum absolute atomic E-state index is 11.2. The van der Waals surface area contributed by atoms with Crippen molar-refractivity contribution in [3.63, 3.8) is 0 Å². The summed E-state index contributed by atoms with van der Waals surface area (Å²) in [6.45, 7) is -0.778. The van der Waals surface area contributed by atoms with Crippen LogP contribution in [0.3, 0.4) is 0 Å². The summed E-state index contributed by atoms with van der Waals surface area (Å²) in [6, 6.07) is 6.86. The van der Waals surface area contributed by atoms with E-state index in [1.807, 2.05) is 0 Å². The summed E-state index contributed by atoms with van der Waals surface area (Å²) in [7, 11) is 0. The molecule has 0 saturated carbocycles. The maximum atomic E-state index is 11.2. The fraction of sp³-hybridized carbons (Fsp3) is 0.250. The zero-order valence-corrected chi connectivity index (χ0v) is 10.9. The molecule has 0 bridgehead atoms. The molecule has 3 N–H and O–H groups in total. The molecule has 20 heavy (non-hydrogen) atoms. The molecule has 2 rings (SSSR count). The molecular formula is C12H11NO6S. The van der Waals surface area contributed by atoms with Gasteiger partial charge in [0.05, 0.1) is 6.61 Å². The third-order valence-corrected chi connectivity index (χ3v) is 3.79. The van der Waals surface area contributed by atoms with Gasteiger partial charge in [-0.25, -0.2) is 4.98 Å². The lowest BCUT2D eigenvalue weighted by Gasteiger charge is -2.15. The minimum atomic E-state index is -1.44. The van der Waals surface area contributed by atoms with Crippen molar-refractivity contribution < 1.29 is 29.3 Å². The van der Waals surface area contributed by atoms with Gasteiger partial charge in [-0.15, -0.1) is 0 Å². The molecule has 0 saturated heterocycles. The van der Waals surface area contributed by atoms with Gasteiger partial charge in [-0.3, -0.25) is 9.59 Å². The Hall–Kier alpha value is -2.06. The highest BCUT2D eigenvalue weighted by atomic mass is 32.2. The Bertz CT molecular complexity index is 607. The van der Waals surface area contributed by atoms with Crippen LogP contribution in [0, 0.1) is 5.92 Å². The van der Waals surface area contributed by atoms with Crippen molar-refractivity contribution in [1.82, 2.24) is 4.98 Å². The molecule has 0 spiro atoms. The first-order valence-electron chi connectivity index (χ1n) is 5.61. The molecule has 106 valence electrons. The largest absolute Gasteiger partial charge is 0.481 e. The van der Waals surface area contributed by atoms with Crippen molar-refractivity contribution >= 4 is 34.8 Å². The van der Waals surface area contributed by atoms with E-state index in [0.717, 1.165) is 0 Å².